The maximum Gasteiger partial charge on any atom is 0.410 e. The van der Waals surface area contributed by atoms with Gasteiger partial charge in [0.15, 0.2) is 0 Å². The molecule has 0 atom stereocenters. The lowest BCUT2D eigenvalue weighted by atomic mass is 9.90. The summed E-state index contributed by atoms with van der Waals surface area (Å²) in [5.41, 5.74) is 2.40. The summed E-state index contributed by atoms with van der Waals surface area (Å²) >= 11 is 0. The molecule has 1 N–H and O–H groups in total. The van der Waals surface area contributed by atoms with E-state index in [1.807, 2.05) is 51.1 Å². The minimum absolute atomic E-state index is 0.00639. The Kier molecular flexibility index (Phi) is 6.91. The number of hydrogen-bond donors (Lipinski definition) is 1. The van der Waals surface area contributed by atoms with Crippen LogP contribution in [0.3, 0.4) is 0 Å². The average Bonchev–Trinajstić information content (AvgIpc) is 3.26. The number of ether oxygens (including phenoxy) is 1. The number of piperidine rings is 1. The van der Waals surface area contributed by atoms with Crippen molar-refractivity contribution in [3.05, 3.63) is 77.4 Å². The summed E-state index contributed by atoms with van der Waals surface area (Å²) in [4.78, 5) is 27.5. The maximum atomic E-state index is 14.0. The van der Waals surface area contributed by atoms with Crippen LogP contribution >= 0.6 is 0 Å². The summed E-state index contributed by atoms with van der Waals surface area (Å²) in [6.07, 6.45) is 2.56. The summed E-state index contributed by atoms with van der Waals surface area (Å²) < 4.78 is 21.3. The van der Waals surface area contributed by atoms with Crippen LogP contribution in [0.25, 0.3) is 5.69 Å². The quantitative estimate of drug-likeness (QED) is 0.523. The second-order valence-corrected chi connectivity index (χ2v) is 9.85. The predicted octanol–water partition coefficient (Wildman–Crippen LogP) is 5.69. The molecule has 0 saturated carbocycles. The normalized spacial score (nSPS) is 14.6. The molecule has 8 heteroatoms. The Balaban J connectivity index is 1.60. The molecule has 0 unspecified atom stereocenters. The van der Waals surface area contributed by atoms with E-state index in [1.54, 1.807) is 34.8 Å². The zero-order valence-corrected chi connectivity index (χ0v) is 20.5. The van der Waals surface area contributed by atoms with Crippen molar-refractivity contribution in [1.82, 2.24) is 14.7 Å². The van der Waals surface area contributed by atoms with Crippen LogP contribution in [0.1, 0.15) is 61.1 Å². The van der Waals surface area contributed by atoms with Crippen LogP contribution in [-0.2, 0) is 4.74 Å². The second-order valence-electron chi connectivity index (χ2n) is 9.85. The highest BCUT2D eigenvalue weighted by Crippen LogP contribution is 2.33. The molecule has 184 valence electrons. The van der Waals surface area contributed by atoms with Crippen LogP contribution in [0.2, 0.25) is 0 Å². The molecule has 2 aromatic carbocycles. The van der Waals surface area contributed by atoms with Crippen LogP contribution in [0.15, 0.2) is 54.7 Å². The molecule has 0 radical (unpaired) electrons. The van der Waals surface area contributed by atoms with E-state index in [-0.39, 0.29) is 23.7 Å². The van der Waals surface area contributed by atoms with E-state index in [0.29, 0.717) is 42.7 Å². The Bertz CT molecular complexity index is 1210. The summed E-state index contributed by atoms with van der Waals surface area (Å²) in [5, 5.41) is 7.34. The smallest absolute Gasteiger partial charge is 0.410 e. The van der Waals surface area contributed by atoms with Crippen molar-refractivity contribution in [3.63, 3.8) is 0 Å². The van der Waals surface area contributed by atoms with Crippen LogP contribution < -0.4 is 5.32 Å². The summed E-state index contributed by atoms with van der Waals surface area (Å²) in [6.45, 7) is 8.25. The number of nitrogens with one attached hydrogen (secondary N) is 1. The van der Waals surface area contributed by atoms with Crippen molar-refractivity contribution in [1.29, 1.82) is 0 Å². The molecule has 2 amide bonds. The Hall–Kier alpha value is -3.68. The molecule has 1 fully saturated rings. The zero-order chi connectivity index (χ0) is 25.2. The number of likely N-dealkylation sites (tertiary alicyclic amines) is 1. The number of hydrogen-bond acceptors (Lipinski definition) is 4. The number of aryl methyl sites for hydroxylation is 1. The number of para-hydroxylation sites is 1. The van der Waals surface area contributed by atoms with Crippen molar-refractivity contribution in [2.45, 2.75) is 52.1 Å². The molecule has 7 nitrogen and oxygen atoms in total. The molecule has 4 rings (SSSR count). The Labute approximate surface area is 204 Å². The minimum atomic E-state index is -0.555. The van der Waals surface area contributed by atoms with Gasteiger partial charge in [-0.15, -0.1) is 0 Å². The number of carbonyl (C=O) groups is 2. The van der Waals surface area contributed by atoms with Gasteiger partial charge in [0, 0.05) is 24.7 Å². The first-order valence-corrected chi connectivity index (χ1v) is 11.8. The number of carbonyl (C=O) groups excluding carboxylic acids is 2. The maximum absolute atomic E-state index is 14.0. The monoisotopic (exact) mass is 478 g/mol. The molecular weight excluding hydrogens is 447 g/mol. The number of aromatic nitrogens is 2. The zero-order valence-electron chi connectivity index (χ0n) is 20.5. The largest absolute Gasteiger partial charge is 0.444 e. The lowest BCUT2D eigenvalue weighted by molar-refractivity contribution is 0.0203. The molecular formula is C27H31FN4O3. The first-order valence-electron chi connectivity index (χ1n) is 11.8. The number of rotatable bonds is 4. The molecule has 35 heavy (non-hydrogen) atoms. The molecule has 1 aliphatic heterocycles. The summed E-state index contributed by atoms with van der Waals surface area (Å²) in [6, 6.07) is 14.2. The molecule has 1 saturated heterocycles. The SMILES string of the molecule is Cc1ccc(NC(=O)c2cnn(-c3ccccc3)c2C2CCN(C(=O)OC(C)(C)C)CC2)cc1F. The molecule has 0 spiro atoms. The van der Waals surface area contributed by atoms with Crippen LogP contribution in [0, 0.1) is 12.7 Å². The van der Waals surface area contributed by atoms with Gasteiger partial charge in [-0.25, -0.2) is 13.9 Å². The van der Waals surface area contributed by atoms with E-state index in [9.17, 15) is 14.0 Å². The van der Waals surface area contributed by atoms with Gasteiger partial charge in [0.1, 0.15) is 11.4 Å². The molecule has 0 bridgehead atoms. The fraction of sp³-hybridized carbons (Fsp3) is 0.370. The van der Waals surface area contributed by atoms with E-state index in [2.05, 4.69) is 10.4 Å². The van der Waals surface area contributed by atoms with Crippen molar-refractivity contribution in [3.8, 4) is 5.69 Å². The fourth-order valence-electron chi connectivity index (χ4n) is 4.23. The topological polar surface area (TPSA) is 76.5 Å². The van der Waals surface area contributed by atoms with E-state index >= 15 is 0 Å². The lowest BCUT2D eigenvalue weighted by Gasteiger charge is -2.34. The molecule has 0 aliphatic carbocycles. The van der Waals surface area contributed by atoms with Gasteiger partial charge in [-0.05, 0) is 70.4 Å². The van der Waals surface area contributed by atoms with Gasteiger partial charge < -0.3 is 15.0 Å². The molecule has 2 heterocycles. The van der Waals surface area contributed by atoms with Gasteiger partial charge in [-0.2, -0.15) is 5.10 Å². The van der Waals surface area contributed by atoms with E-state index in [0.717, 1.165) is 11.4 Å². The van der Waals surface area contributed by atoms with Gasteiger partial charge in [-0.3, -0.25) is 4.79 Å². The lowest BCUT2D eigenvalue weighted by Crippen LogP contribution is -2.41. The Morgan fingerprint density at radius 2 is 1.77 bits per heavy atom. The van der Waals surface area contributed by atoms with Gasteiger partial charge in [-0.1, -0.05) is 24.3 Å². The van der Waals surface area contributed by atoms with Crippen molar-refractivity contribution in [2.24, 2.45) is 0 Å². The molecule has 1 aliphatic rings. The number of anilines is 1. The van der Waals surface area contributed by atoms with E-state index in [1.165, 1.54) is 6.07 Å². The van der Waals surface area contributed by atoms with Crippen molar-refractivity contribution >= 4 is 17.7 Å². The third kappa shape index (κ3) is 5.70. The number of halogens is 1. The van der Waals surface area contributed by atoms with Crippen molar-refractivity contribution < 1.29 is 18.7 Å². The Morgan fingerprint density at radius 3 is 2.40 bits per heavy atom. The van der Waals surface area contributed by atoms with E-state index < -0.39 is 5.60 Å². The predicted molar refractivity (Wildman–Crippen MR) is 132 cm³/mol. The molecule has 3 aromatic rings. The minimum Gasteiger partial charge on any atom is -0.444 e. The fourth-order valence-corrected chi connectivity index (χ4v) is 4.23. The van der Waals surface area contributed by atoms with Gasteiger partial charge in [0.25, 0.3) is 5.91 Å². The standard InChI is InChI=1S/C27H31FN4O3/c1-18-10-11-20(16-23(18)28)30-25(33)22-17-29-32(21-8-6-5-7-9-21)24(22)19-12-14-31(15-13-19)26(34)35-27(2,3)4/h5-11,16-17,19H,12-15H2,1-4H3,(H,30,33). The van der Waals surface area contributed by atoms with Gasteiger partial charge >= 0.3 is 6.09 Å². The first-order chi connectivity index (χ1) is 16.6. The highest BCUT2D eigenvalue weighted by molar-refractivity contribution is 6.05. The third-order valence-corrected chi connectivity index (χ3v) is 6.01. The van der Waals surface area contributed by atoms with E-state index in [4.69, 9.17) is 4.74 Å². The van der Waals surface area contributed by atoms with Gasteiger partial charge in [0.05, 0.1) is 23.1 Å². The molecule has 1 aromatic heterocycles. The van der Waals surface area contributed by atoms with Gasteiger partial charge in [0.2, 0.25) is 0 Å². The van der Waals surface area contributed by atoms with Crippen LogP contribution in [0.4, 0.5) is 14.9 Å². The number of nitrogens with zero attached hydrogens (tertiary/aromatic N) is 3. The summed E-state index contributed by atoms with van der Waals surface area (Å²) in [7, 11) is 0. The first kappa shape index (κ1) is 24.4. The second kappa shape index (κ2) is 9.90. The van der Waals surface area contributed by atoms with Crippen LogP contribution in [-0.4, -0.2) is 45.4 Å². The third-order valence-electron chi connectivity index (χ3n) is 6.01. The summed E-state index contributed by atoms with van der Waals surface area (Å²) in [5.74, 6) is -0.718. The van der Waals surface area contributed by atoms with Crippen LogP contribution in [0.5, 0.6) is 0 Å². The highest BCUT2D eigenvalue weighted by Gasteiger charge is 2.32. The Morgan fingerprint density at radius 1 is 1.09 bits per heavy atom. The number of benzene rings is 2. The average molecular weight is 479 g/mol. The number of amides is 2. The highest BCUT2D eigenvalue weighted by atomic mass is 19.1. The van der Waals surface area contributed by atoms with Crippen molar-refractivity contribution in [2.75, 3.05) is 18.4 Å².